The average molecular weight is 746 g/mol. The molecule has 0 spiro atoms. The van der Waals surface area contributed by atoms with Crippen molar-refractivity contribution in [2.24, 2.45) is 5.92 Å². The molecule has 0 N–H and O–H groups in total. The molecule has 0 saturated heterocycles. The van der Waals surface area contributed by atoms with Crippen LogP contribution in [0.25, 0.3) is 27.1 Å². The largest absolute Gasteiger partial charge is 1.00 e. The van der Waals surface area contributed by atoms with Crippen molar-refractivity contribution < 1.29 is 47.1 Å². The molecule has 0 aliphatic heterocycles. The average Bonchev–Trinajstić information content (AvgIpc) is 3.59. The molecule has 0 heterocycles. The Morgan fingerprint density at radius 2 is 1.07 bits per heavy atom. The summed E-state index contributed by atoms with van der Waals surface area (Å²) in [4.78, 5) is 0. The summed E-state index contributed by atoms with van der Waals surface area (Å²) in [5, 5.41) is 6.96. The van der Waals surface area contributed by atoms with E-state index >= 15 is 0 Å². The molecule has 0 bridgehead atoms. The standard InChI is InChI=1S/C13H9.C13H13.2C7H5Cl.2ClH.Zr/c1-3-7-12-10(5-1)9-11-6-2-4-8-13(11)12;1-10-8-11(2)13(9-10)12-6-4-3-5-7-12;2*1-6-2-4-7(8)5-3-6;;;/h1-9H;3-7,9-10H,1-2H3;2*1-5H;2*1H;/q2*-1;;;;;/p-2. The number of benzene rings is 5. The van der Waals surface area contributed by atoms with Crippen molar-refractivity contribution in [3.8, 4) is 0 Å². The Bertz CT molecular complexity index is 1830. The molecule has 228 valence electrons. The van der Waals surface area contributed by atoms with Gasteiger partial charge in [-0.05, 0) is 0 Å². The van der Waals surface area contributed by atoms with Crippen LogP contribution in [0.4, 0.5) is 0 Å². The van der Waals surface area contributed by atoms with Gasteiger partial charge in [-0.2, -0.15) is 11.6 Å². The predicted molar refractivity (Wildman–Crippen MR) is 186 cm³/mol. The Morgan fingerprint density at radius 1 is 0.622 bits per heavy atom. The fourth-order valence-corrected chi connectivity index (χ4v) is 7.37. The van der Waals surface area contributed by atoms with E-state index < -0.39 is 22.3 Å². The van der Waals surface area contributed by atoms with Gasteiger partial charge in [-0.15, -0.1) is 45.3 Å². The van der Waals surface area contributed by atoms with E-state index in [1.165, 1.54) is 49.4 Å². The molecule has 6 aromatic rings. The van der Waals surface area contributed by atoms with E-state index in [4.69, 9.17) is 23.2 Å². The monoisotopic (exact) mass is 742 g/mol. The number of hydrogen-bond donors (Lipinski definition) is 0. The van der Waals surface area contributed by atoms with Crippen LogP contribution in [0.3, 0.4) is 0 Å². The van der Waals surface area contributed by atoms with E-state index in [1.807, 2.05) is 30.3 Å². The first-order valence-electron chi connectivity index (χ1n) is 14.3. The van der Waals surface area contributed by atoms with Crippen molar-refractivity contribution in [3.05, 3.63) is 178 Å². The smallest absolute Gasteiger partial charge is 0.0771 e. The Morgan fingerprint density at radius 3 is 1.51 bits per heavy atom. The molecule has 6 aromatic carbocycles. The van der Waals surface area contributed by atoms with Gasteiger partial charge in [0, 0.05) is 0 Å². The molecule has 0 aromatic heterocycles. The van der Waals surface area contributed by atoms with Crippen molar-refractivity contribution >= 4 is 57.7 Å². The normalized spacial score (nSPS) is 12.9. The van der Waals surface area contributed by atoms with Crippen LogP contribution in [-0.2, 0) is 22.3 Å². The Hall–Kier alpha value is -2.77. The Balaban J connectivity index is 0.000000182. The van der Waals surface area contributed by atoms with Crippen molar-refractivity contribution in [2.75, 3.05) is 0 Å². The number of hydrogen-bond acceptors (Lipinski definition) is 0. The third-order valence-corrected chi connectivity index (χ3v) is 10.1. The second kappa shape index (κ2) is 18.4. The summed E-state index contributed by atoms with van der Waals surface area (Å²) in [7, 11) is 0. The van der Waals surface area contributed by atoms with Gasteiger partial charge in [-0.25, -0.2) is 5.57 Å². The van der Waals surface area contributed by atoms with E-state index in [1.54, 1.807) is 0 Å². The van der Waals surface area contributed by atoms with Gasteiger partial charge in [0.2, 0.25) is 0 Å². The minimum Gasteiger partial charge on any atom is -1.00 e. The summed E-state index contributed by atoms with van der Waals surface area (Å²) in [6, 6.07) is 45.7. The van der Waals surface area contributed by atoms with Gasteiger partial charge in [0.05, 0.1) is 0 Å². The van der Waals surface area contributed by atoms with Crippen LogP contribution in [0.1, 0.15) is 30.5 Å². The molecular weight excluding hydrogens is 713 g/mol. The second-order valence-electron chi connectivity index (χ2n) is 10.4. The van der Waals surface area contributed by atoms with Gasteiger partial charge >= 0.3 is 123 Å². The van der Waals surface area contributed by atoms with Crippen LogP contribution >= 0.6 is 23.2 Å². The Kier molecular flexibility index (Phi) is 15.0. The molecule has 0 amide bonds. The molecular formula is C40H32Cl4Zr-4. The summed E-state index contributed by atoms with van der Waals surface area (Å²) >= 11 is 11.0. The minimum atomic E-state index is -0.623. The summed E-state index contributed by atoms with van der Waals surface area (Å²) in [6.45, 7) is 4.29. The second-order valence-corrected chi connectivity index (χ2v) is 13.5. The van der Waals surface area contributed by atoms with E-state index in [0.717, 1.165) is 10.0 Å². The molecule has 45 heavy (non-hydrogen) atoms. The summed E-state index contributed by atoms with van der Waals surface area (Å²) in [6.07, 6.45) is 5.66. The van der Waals surface area contributed by atoms with Crippen molar-refractivity contribution in [1.29, 1.82) is 0 Å². The number of rotatable bonds is 3. The third kappa shape index (κ3) is 10.6. The van der Waals surface area contributed by atoms with Crippen molar-refractivity contribution in [2.45, 2.75) is 13.8 Å². The molecule has 0 radical (unpaired) electrons. The van der Waals surface area contributed by atoms with Gasteiger partial charge in [0.15, 0.2) is 0 Å². The molecule has 1 atom stereocenters. The van der Waals surface area contributed by atoms with E-state index in [2.05, 4.69) is 137 Å². The predicted octanol–water partition coefficient (Wildman–Crippen LogP) is 5.27. The number of halogens is 4. The SMILES string of the molecule is CC1=[C-]C(C)C=C1c1ccccc1.Clc1ccc([CH]=[Zr]=[CH]c2ccc(Cl)cc2)cc1.[Cl-].[Cl-].c1ccc2c(c1)[cH-]c1ccccc12. The van der Waals surface area contributed by atoms with Gasteiger partial charge in [-0.3, -0.25) is 6.08 Å². The van der Waals surface area contributed by atoms with E-state index in [0.29, 0.717) is 5.92 Å². The first-order valence-corrected chi connectivity index (χ1v) is 17.9. The zero-order valence-electron chi connectivity index (χ0n) is 25.0. The first-order chi connectivity index (χ1) is 21.0. The third-order valence-electron chi connectivity index (χ3n) is 7.11. The molecule has 0 nitrogen and oxygen atoms in total. The van der Waals surface area contributed by atoms with Gasteiger partial charge in [0.1, 0.15) is 0 Å². The summed E-state index contributed by atoms with van der Waals surface area (Å²) in [5.41, 5.74) is 6.43. The molecule has 1 aliphatic rings. The maximum atomic E-state index is 5.84. The summed E-state index contributed by atoms with van der Waals surface area (Å²) < 4.78 is 4.66. The van der Waals surface area contributed by atoms with Crippen LogP contribution in [0, 0.1) is 12.0 Å². The number of allylic oxidation sites excluding steroid dienone is 4. The van der Waals surface area contributed by atoms with Gasteiger partial charge in [-0.1, -0.05) is 86.5 Å². The molecule has 0 fully saturated rings. The molecule has 0 saturated carbocycles. The molecule has 1 unspecified atom stereocenters. The quantitative estimate of drug-likeness (QED) is 0.217. The van der Waals surface area contributed by atoms with Crippen LogP contribution < -0.4 is 24.8 Å². The van der Waals surface area contributed by atoms with E-state index in [9.17, 15) is 0 Å². The van der Waals surface area contributed by atoms with Crippen LogP contribution in [0.15, 0.2) is 145 Å². The maximum absolute atomic E-state index is 5.84. The maximum Gasteiger partial charge on any atom is -0.0771 e. The number of fused-ring (bicyclic) bond motifs is 3. The fourth-order valence-electron chi connectivity index (χ4n) is 5.02. The van der Waals surface area contributed by atoms with Crippen LogP contribution in [0.5, 0.6) is 0 Å². The van der Waals surface area contributed by atoms with E-state index in [-0.39, 0.29) is 24.8 Å². The zero-order chi connectivity index (χ0) is 30.0. The zero-order valence-corrected chi connectivity index (χ0v) is 30.5. The topological polar surface area (TPSA) is 0 Å². The molecule has 5 heteroatoms. The van der Waals surface area contributed by atoms with Crippen LogP contribution in [-0.4, -0.2) is 7.42 Å². The minimum absolute atomic E-state index is 0. The van der Waals surface area contributed by atoms with Crippen molar-refractivity contribution in [3.63, 3.8) is 0 Å². The fraction of sp³-hybridized carbons (Fsp3) is 0.0750. The van der Waals surface area contributed by atoms with Crippen LogP contribution in [0.2, 0.25) is 10.0 Å². The van der Waals surface area contributed by atoms with Crippen molar-refractivity contribution in [1.82, 2.24) is 0 Å². The van der Waals surface area contributed by atoms with Gasteiger partial charge < -0.3 is 24.8 Å². The summed E-state index contributed by atoms with van der Waals surface area (Å²) in [5.74, 6) is 0.468. The van der Waals surface area contributed by atoms with Gasteiger partial charge in [0.25, 0.3) is 0 Å². The first kappa shape index (κ1) is 36.7. The Labute approximate surface area is 300 Å². The molecule has 1 aliphatic carbocycles. The molecule has 7 rings (SSSR count).